The van der Waals surface area contributed by atoms with E-state index < -0.39 is 38.8 Å². The molecule has 0 aliphatic carbocycles. The van der Waals surface area contributed by atoms with E-state index in [0.717, 1.165) is 0 Å². The van der Waals surface area contributed by atoms with Gasteiger partial charge in [0.25, 0.3) is 0 Å². The summed E-state index contributed by atoms with van der Waals surface area (Å²) in [6.45, 7) is -0.720. The molecule has 1 aliphatic rings. The molecule has 23 heavy (non-hydrogen) atoms. The molecule has 1 saturated heterocycles. The van der Waals surface area contributed by atoms with E-state index in [0.29, 0.717) is 0 Å². The van der Waals surface area contributed by atoms with Crippen LogP contribution in [0.5, 0.6) is 0 Å². The molecule has 1 aliphatic heterocycles. The molecule has 1 fully saturated rings. The smallest absolute Gasteiger partial charge is 0.155 e. The predicted molar refractivity (Wildman–Crippen MR) is 69.3 cm³/mol. The number of nitrogen functional groups attached to an aromatic ring is 1. The van der Waals surface area contributed by atoms with Gasteiger partial charge in [-0.3, -0.25) is 5.10 Å². The number of nitrogens with zero attached hydrogens (tertiary/aromatic N) is 3. The van der Waals surface area contributed by atoms with Gasteiger partial charge in [-0.1, -0.05) is 0 Å². The van der Waals surface area contributed by atoms with E-state index in [4.69, 9.17) is 10.5 Å². The Hall–Kier alpha value is -1.66. The Morgan fingerprint density at radius 2 is 2.09 bits per heavy atom. The summed E-state index contributed by atoms with van der Waals surface area (Å²) in [5, 5.41) is 26.5. The summed E-state index contributed by atoms with van der Waals surface area (Å²) in [4.78, 5) is 28.8. The molecular formula is C10H12N5O7P-2. The van der Waals surface area contributed by atoms with Crippen molar-refractivity contribution in [2.24, 2.45) is 0 Å². The Morgan fingerprint density at radius 1 is 1.35 bits per heavy atom. The van der Waals surface area contributed by atoms with Crippen LogP contribution in [0, 0.1) is 0 Å². The number of fused-ring (bicyclic) bond motifs is 1. The first kappa shape index (κ1) is 16.2. The van der Waals surface area contributed by atoms with Gasteiger partial charge in [0.05, 0.1) is 20.1 Å². The van der Waals surface area contributed by atoms with Crippen LogP contribution in [0.25, 0.3) is 11.0 Å². The molecule has 13 heteroatoms. The lowest BCUT2D eigenvalue weighted by molar-refractivity contribution is -0.343. The van der Waals surface area contributed by atoms with Crippen molar-refractivity contribution in [3.05, 3.63) is 12.0 Å². The quantitative estimate of drug-likeness (QED) is 0.409. The van der Waals surface area contributed by atoms with Gasteiger partial charge in [-0.15, -0.1) is 0 Å². The molecular weight excluding hydrogens is 333 g/mol. The minimum Gasteiger partial charge on any atom is -0.790 e. The van der Waals surface area contributed by atoms with E-state index in [1.54, 1.807) is 0 Å². The second kappa shape index (κ2) is 5.76. The number of hydrogen-bond donors (Lipinski definition) is 4. The standard InChI is InChI=1S/C10H14N5O7P/c11-10-6-4(12-2-13-10)5(14-15-6)9-8(17)7(16)3(22-9)1-21-23(18,19)20/h2-3,7-9,16-17H,1H2,(H,14,15)(H2,11,12,13)(H2,18,19,20)/p-2. The molecule has 3 heterocycles. The lowest BCUT2D eigenvalue weighted by Crippen LogP contribution is -2.34. The zero-order valence-corrected chi connectivity index (χ0v) is 12.3. The van der Waals surface area contributed by atoms with Crippen LogP contribution >= 0.6 is 7.82 Å². The Bertz CT molecular complexity index is 763. The van der Waals surface area contributed by atoms with Gasteiger partial charge in [0.1, 0.15) is 36.3 Å². The van der Waals surface area contributed by atoms with Gasteiger partial charge < -0.3 is 39.6 Å². The number of phosphoric acid groups is 1. The zero-order valence-electron chi connectivity index (χ0n) is 11.4. The van der Waals surface area contributed by atoms with E-state index in [1.165, 1.54) is 6.33 Å². The average Bonchev–Trinajstić information content (AvgIpc) is 3.01. The summed E-state index contributed by atoms with van der Waals surface area (Å²) in [5.74, 6) is 0.115. The number of hydrogen-bond acceptors (Lipinski definition) is 11. The first-order valence-electron chi connectivity index (χ1n) is 6.40. The predicted octanol–water partition coefficient (Wildman–Crippen LogP) is -3.06. The molecule has 0 spiro atoms. The molecule has 3 rings (SSSR count). The van der Waals surface area contributed by atoms with Crippen molar-refractivity contribution < 1.29 is 33.8 Å². The van der Waals surface area contributed by atoms with Crippen molar-refractivity contribution in [3.63, 3.8) is 0 Å². The van der Waals surface area contributed by atoms with Crippen LogP contribution in [0.3, 0.4) is 0 Å². The maximum absolute atomic E-state index is 10.5. The Labute approximate surface area is 128 Å². The van der Waals surface area contributed by atoms with Crippen LogP contribution in [0.4, 0.5) is 5.82 Å². The van der Waals surface area contributed by atoms with E-state index in [1.807, 2.05) is 0 Å². The summed E-state index contributed by atoms with van der Waals surface area (Å²) in [6, 6.07) is 0. The number of aliphatic hydroxyl groups is 2. The first-order valence-corrected chi connectivity index (χ1v) is 7.86. The molecule has 4 unspecified atom stereocenters. The highest BCUT2D eigenvalue weighted by Gasteiger charge is 2.45. The third-order valence-electron chi connectivity index (χ3n) is 3.44. The maximum Gasteiger partial charge on any atom is 0.155 e. The van der Waals surface area contributed by atoms with Gasteiger partial charge in [0, 0.05) is 0 Å². The van der Waals surface area contributed by atoms with Gasteiger partial charge in [-0.2, -0.15) is 5.10 Å². The largest absolute Gasteiger partial charge is 0.790 e. The fourth-order valence-electron chi connectivity index (χ4n) is 2.36. The Balaban J connectivity index is 1.85. The lowest BCUT2D eigenvalue weighted by Gasteiger charge is -2.30. The Morgan fingerprint density at radius 3 is 2.78 bits per heavy atom. The molecule has 2 aromatic heterocycles. The number of aromatic nitrogens is 4. The van der Waals surface area contributed by atoms with Crippen LogP contribution in [0.1, 0.15) is 11.8 Å². The van der Waals surface area contributed by atoms with Gasteiger partial charge in [0.15, 0.2) is 11.3 Å². The summed E-state index contributed by atoms with van der Waals surface area (Å²) < 4.78 is 20.0. The molecule has 126 valence electrons. The number of anilines is 1. The fourth-order valence-corrected chi connectivity index (χ4v) is 2.69. The van der Waals surface area contributed by atoms with Crippen molar-refractivity contribution in [1.29, 1.82) is 0 Å². The van der Waals surface area contributed by atoms with Gasteiger partial charge in [0.2, 0.25) is 0 Å². The number of nitrogens with one attached hydrogen (secondary N) is 1. The van der Waals surface area contributed by atoms with Crippen molar-refractivity contribution >= 4 is 24.7 Å². The van der Waals surface area contributed by atoms with Crippen LogP contribution in [-0.2, 0) is 13.8 Å². The molecule has 5 N–H and O–H groups in total. The third-order valence-corrected chi connectivity index (χ3v) is 3.90. The highest BCUT2D eigenvalue weighted by atomic mass is 31.2. The van der Waals surface area contributed by atoms with Crippen molar-refractivity contribution in [2.45, 2.75) is 24.4 Å². The highest BCUT2D eigenvalue weighted by Crippen LogP contribution is 2.37. The van der Waals surface area contributed by atoms with Crippen LogP contribution in [0.2, 0.25) is 0 Å². The minimum atomic E-state index is -5.22. The fraction of sp³-hybridized carbons (Fsp3) is 0.500. The van der Waals surface area contributed by atoms with E-state index in [2.05, 4.69) is 24.7 Å². The van der Waals surface area contributed by atoms with E-state index >= 15 is 0 Å². The molecule has 0 aromatic carbocycles. The number of aromatic amines is 1. The van der Waals surface area contributed by atoms with Crippen LogP contribution in [-0.4, -0.2) is 55.3 Å². The number of ether oxygens (including phenoxy) is 1. The van der Waals surface area contributed by atoms with Crippen molar-refractivity contribution in [1.82, 2.24) is 20.2 Å². The number of rotatable bonds is 4. The summed E-state index contributed by atoms with van der Waals surface area (Å²) in [5.41, 5.74) is 6.42. The highest BCUT2D eigenvalue weighted by molar-refractivity contribution is 7.43. The molecule has 0 radical (unpaired) electrons. The second-order valence-electron chi connectivity index (χ2n) is 4.91. The lowest BCUT2D eigenvalue weighted by atomic mass is 10.1. The summed E-state index contributed by atoms with van der Waals surface area (Å²) in [7, 11) is -5.22. The average molecular weight is 345 g/mol. The van der Waals surface area contributed by atoms with E-state index in [-0.39, 0.29) is 22.5 Å². The first-order chi connectivity index (χ1) is 10.8. The van der Waals surface area contributed by atoms with E-state index in [9.17, 15) is 24.6 Å². The molecule has 4 atom stereocenters. The molecule has 0 amide bonds. The van der Waals surface area contributed by atoms with Crippen molar-refractivity contribution in [3.8, 4) is 0 Å². The maximum atomic E-state index is 10.5. The SMILES string of the molecule is Nc1ncnc2c(C3OC(COP(=O)([O-])[O-])C(O)C3O)[nH]nc12. The normalized spacial score (nSPS) is 28.5. The van der Waals surface area contributed by atoms with Crippen LogP contribution in [0.15, 0.2) is 6.33 Å². The zero-order chi connectivity index (χ0) is 16.8. The number of aliphatic hydroxyl groups excluding tert-OH is 2. The molecule has 0 bridgehead atoms. The minimum absolute atomic E-state index is 0.115. The van der Waals surface area contributed by atoms with Gasteiger partial charge in [-0.05, 0) is 0 Å². The van der Waals surface area contributed by atoms with Gasteiger partial charge >= 0.3 is 0 Å². The topological polar surface area (TPSA) is 203 Å². The number of nitrogens with two attached hydrogens (primary N) is 1. The number of phosphoric ester groups is 1. The second-order valence-corrected chi connectivity index (χ2v) is 6.07. The van der Waals surface area contributed by atoms with Gasteiger partial charge in [-0.25, -0.2) is 9.97 Å². The molecule has 2 aromatic rings. The van der Waals surface area contributed by atoms with Crippen molar-refractivity contribution in [2.75, 3.05) is 12.3 Å². The summed E-state index contributed by atoms with van der Waals surface area (Å²) >= 11 is 0. The third kappa shape index (κ3) is 3.05. The van der Waals surface area contributed by atoms with Crippen LogP contribution < -0.4 is 15.5 Å². The molecule has 0 saturated carbocycles. The number of H-pyrrole nitrogens is 1. The monoisotopic (exact) mass is 345 g/mol. The molecule has 12 nitrogen and oxygen atoms in total. The summed E-state index contributed by atoms with van der Waals surface area (Å²) in [6.07, 6.45) is -4.00. The Kier molecular flexibility index (Phi) is 4.06.